The molecule has 2 atom stereocenters. The SMILES string of the molecule is COC(=O)N1C=C[C@H]2ON=C(OC)[C@H]2C1. The van der Waals surface area contributed by atoms with Crippen LogP contribution in [0.15, 0.2) is 17.4 Å². The Balaban J connectivity index is 2.10. The summed E-state index contributed by atoms with van der Waals surface area (Å²) < 4.78 is 9.68. The van der Waals surface area contributed by atoms with Gasteiger partial charge in [-0.2, -0.15) is 0 Å². The number of oxime groups is 1. The van der Waals surface area contributed by atoms with Gasteiger partial charge >= 0.3 is 6.09 Å². The molecule has 2 aliphatic rings. The number of carbonyl (C=O) groups is 1. The Bertz CT molecular complexity index is 326. The first kappa shape index (κ1) is 9.82. The minimum absolute atomic E-state index is 0.0425. The third kappa shape index (κ3) is 1.62. The van der Waals surface area contributed by atoms with E-state index in [9.17, 15) is 4.79 Å². The number of methoxy groups -OCH3 is 2. The van der Waals surface area contributed by atoms with Crippen LogP contribution >= 0.6 is 0 Å². The van der Waals surface area contributed by atoms with E-state index >= 15 is 0 Å². The van der Waals surface area contributed by atoms with Gasteiger partial charge in [0.25, 0.3) is 0 Å². The molecule has 0 radical (unpaired) electrons. The molecule has 0 fully saturated rings. The zero-order valence-electron chi connectivity index (χ0n) is 8.54. The van der Waals surface area contributed by atoms with Gasteiger partial charge in [0.1, 0.15) is 0 Å². The second-order valence-electron chi connectivity index (χ2n) is 3.27. The summed E-state index contributed by atoms with van der Waals surface area (Å²) in [6, 6.07) is 0. The van der Waals surface area contributed by atoms with E-state index in [1.165, 1.54) is 19.1 Å². The van der Waals surface area contributed by atoms with E-state index in [4.69, 9.17) is 9.57 Å². The molecule has 0 saturated carbocycles. The lowest BCUT2D eigenvalue weighted by Gasteiger charge is -2.26. The second-order valence-corrected chi connectivity index (χ2v) is 3.27. The number of hydrogen-bond donors (Lipinski definition) is 0. The van der Waals surface area contributed by atoms with Gasteiger partial charge in [-0.15, -0.1) is 0 Å². The van der Waals surface area contributed by atoms with E-state index < -0.39 is 6.09 Å². The van der Waals surface area contributed by atoms with Crippen molar-refractivity contribution in [2.45, 2.75) is 6.10 Å². The molecular formula is C9H12N2O4. The summed E-state index contributed by atoms with van der Waals surface area (Å²) in [6.07, 6.45) is 2.87. The Hall–Kier alpha value is -1.72. The third-order valence-electron chi connectivity index (χ3n) is 2.45. The summed E-state index contributed by atoms with van der Waals surface area (Å²) in [5.41, 5.74) is 0. The van der Waals surface area contributed by atoms with Crippen molar-refractivity contribution in [1.82, 2.24) is 4.90 Å². The van der Waals surface area contributed by atoms with Crippen LogP contribution in [-0.2, 0) is 14.3 Å². The zero-order valence-corrected chi connectivity index (χ0v) is 8.54. The lowest BCUT2D eigenvalue weighted by Crippen LogP contribution is -2.41. The van der Waals surface area contributed by atoms with Crippen LogP contribution in [-0.4, -0.2) is 43.8 Å². The van der Waals surface area contributed by atoms with Gasteiger partial charge in [0.15, 0.2) is 6.10 Å². The molecular weight excluding hydrogens is 200 g/mol. The van der Waals surface area contributed by atoms with Crippen LogP contribution in [0.25, 0.3) is 0 Å². The predicted octanol–water partition coefficient (Wildman–Crippen LogP) is 0.557. The molecule has 0 aromatic carbocycles. The van der Waals surface area contributed by atoms with Crippen LogP contribution in [0.3, 0.4) is 0 Å². The van der Waals surface area contributed by atoms with E-state index in [2.05, 4.69) is 9.89 Å². The fourth-order valence-electron chi connectivity index (χ4n) is 1.65. The lowest BCUT2D eigenvalue weighted by molar-refractivity contribution is 0.0754. The average molecular weight is 212 g/mol. The standard InChI is InChI=1S/C9H12N2O4/c1-13-8-6-5-11(9(12)14-2)4-3-7(6)15-10-8/h3-4,6-7H,5H2,1-2H3/t6-,7+/m0/s1. The van der Waals surface area contributed by atoms with Crippen LogP contribution in [0.4, 0.5) is 4.79 Å². The van der Waals surface area contributed by atoms with Crippen molar-refractivity contribution in [2.24, 2.45) is 11.1 Å². The van der Waals surface area contributed by atoms with Crippen LogP contribution in [0.5, 0.6) is 0 Å². The quantitative estimate of drug-likeness (QED) is 0.588. The first-order chi connectivity index (χ1) is 7.26. The maximum atomic E-state index is 11.3. The molecule has 2 heterocycles. The number of fused-ring (bicyclic) bond motifs is 1. The molecule has 1 amide bonds. The number of hydrogen-bond acceptors (Lipinski definition) is 5. The molecule has 0 aromatic heterocycles. The highest BCUT2D eigenvalue weighted by Gasteiger charge is 2.38. The molecule has 82 valence electrons. The Morgan fingerprint density at radius 1 is 1.67 bits per heavy atom. The highest BCUT2D eigenvalue weighted by molar-refractivity contribution is 5.82. The lowest BCUT2D eigenvalue weighted by atomic mass is 10.00. The van der Waals surface area contributed by atoms with Crippen molar-refractivity contribution >= 4 is 12.0 Å². The maximum Gasteiger partial charge on any atom is 0.413 e. The molecule has 0 bridgehead atoms. The highest BCUT2D eigenvalue weighted by Crippen LogP contribution is 2.25. The third-order valence-corrected chi connectivity index (χ3v) is 2.45. The molecule has 0 N–H and O–H groups in total. The molecule has 6 heteroatoms. The second kappa shape index (κ2) is 3.80. The highest BCUT2D eigenvalue weighted by atomic mass is 16.7. The molecule has 0 spiro atoms. The van der Waals surface area contributed by atoms with E-state index in [1.807, 2.05) is 0 Å². The Labute approximate surface area is 87.1 Å². The van der Waals surface area contributed by atoms with Crippen LogP contribution in [0, 0.1) is 5.92 Å². The number of ether oxygens (including phenoxy) is 2. The summed E-state index contributed by atoms with van der Waals surface area (Å²) in [4.78, 5) is 17.9. The van der Waals surface area contributed by atoms with E-state index in [1.54, 1.807) is 12.3 Å². The zero-order chi connectivity index (χ0) is 10.8. The first-order valence-electron chi connectivity index (χ1n) is 4.57. The van der Waals surface area contributed by atoms with Crippen molar-refractivity contribution in [3.8, 4) is 0 Å². The van der Waals surface area contributed by atoms with Gasteiger partial charge in [0.05, 0.1) is 20.1 Å². The van der Waals surface area contributed by atoms with Crippen molar-refractivity contribution in [3.63, 3.8) is 0 Å². The predicted molar refractivity (Wildman–Crippen MR) is 51.1 cm³/mol. The minimum Gasteiger partial charge on any atom is -0.482 e. The number of rotatable bonds is 0. The van der Waals surface area contributed by atoms with Crippen molar-refractivity contribution in [2.75, 3.05) is 20.8 Å². The smallest absolute Gasteiger partial charge is 0.413 e. The van der Waals surface area contributed by atoms with Gasteiger partial charge in [0.2, 0.25) is 5.90 Å². The van der Waals surface area contributed by atoms with Gasteiger partial charge < -0.3 is 14.3 Å². The molecule has 2 rings (SSSR count). The van der Waals surface area contributed by atoms with Crippen LogP contribution in [0.1, 0.15) is 0 Å². The van der Waals surface area contributed by atoms with Gasteiger partial charge in [-0.3, -0.25) is 4.90 Å². The van der Waals surface area contributed by atoms with Crippen LogP contribution < -0.4 is 0 Å². The molecule has 2 aliphatic heterocycles. The van der Waals surface area contributed by atoms with Crippen molar-refractivity contribution in [3.05, 3.63) is 12.3 Å². The number of amides is 1. The molecule has 6 nitrogen and oxygen atoms in total. The topological polar surface area (TPSA) is 60.4 Å². The summed E-state index contributed by atoms with van der Waals surface area (Å²) in [5.74, 6) is 0.470. The largest absolute Gasteiger partial charge is 0.482 e. The number of carbonyl (C=O) groups excluding carboxylic acids is 1. The molecule has 0 saturated heterocycles. The fraction of sp³-hybridized carbons (Fsp3) is 0.556. The van der Waals surface area contributed by atoms with Crippen molar-refractivity contribution in [1.29, 1.82) is 0 Å². The van der Waals surface area contributed by atoms with Gasteiger partial charge in [0, 0.05) is 12.7 Å². The summed E-state index contributed by atoms with van der Waals surface area (Å²) in [6.45, 7) is 0.459. The van der Waals surface area contributed by atoms with E-state index in [-0.39, 0.29) is 12.0 Å². The normalized spacial score (nSPS) is 27.9. The average Bonchev–Trinajstić information content (AvgIpc) is 2.69. The summed E-state index contributed by atoms with van der Waals surface area (Å²) in [5, 5.41) is 3.78. The Morgan fingerprint density at radius 3 is 3.13 bits per heavy atom. The van der Waals surface area contributed by atoms with Crippen molar-refractivity contribution < 1.29 is 19.1 Å². The summed E-state index contributed by atoms with van der Waals surface area (Å²) >= 11 is 0. The van der Waals surface area contributed by atoms with E-state index in [0.29, 0.717) is 12.4 Å². The van der Waals surface area contributed by atoms with E-state index in [0.717, 1.165) is 0 Å². The van der Waals surface area contributed by atoms with Gasteiger partial charge in [-0.25, -0.2) is 4.79 Å². The number of nitrogens with zero attached hydrogens (tertiary/aromatic N) is 2. The Kier molecular flexibility index (Phi) is 2.49. The Morgan fingerprint density at radius 2 is 2.47 bits per heavy atom. The maximum absolute atomic E-state index is 11.3. The monoisotopic (exact) mass is 212 g/mol. The molecule has 0 unspecified atom stereocenters. The molecule has 0 aliphatic carbocycles. The van der Waals surface area contributed by atoms with Gasteiger partial charge in [-0.1, -0.05) is 5.16 Å². The fourth-order valence-corrected chi connectivity index (χ4v) is 1.65. The minimum atomic E-state index is -0.396. The molecule has 0 aromatic rings. The molecule has 15 heavy (non-hydrogen) atoms. The summed E-state index contributed by atoms with van der Waals surface area (Å²) in [7, 11) is 2.88. The van der Waals surface area contributed by atoms with Gasteiger partial charge in [-0.05, 0) is 6.08 Å². The van der Waals surface area contributed by atoms with Crippen LogP contribution in [0.2, 0.25) is 0 Å². The first-order valence-corrected chi connectivity index (χ1v) is 4.57.